The van der Waals surface area contributed by atoms with E-state index < -0.39 is 25.4 Å². The molecule has 0 radical (unpaired) electrons. The smallest absolute Gasteiger partial charge is 0.142 e. The maximum atomic E-state index is 9.83. The highest BCUT2D eigenvalue weighted by atomic mass is 127. The monoisotopic (exact) mass is 856 g/mol. The number of hydrogen-bond acceptors (Lipinski definition) is 11. The molecule has 13 heteroatoms. The van der Waals surface area contributed by atoms with Gasteiger partial charge in [0.25, 0.3) is 0 Å². The summed E-state index contributed by atoms with van der Waals surface area (Å²) in [5.74, 6) is 0.833. The van der Waals surface area contributed by atoms with Gasteiger partial charge in [0, 0.05) is 55.8 Å². The van der Waals surface area contributed by atoms with Crippen molar-refractivity contribution < 1.29 is 32.6 Å². The Morgan fingerprint density at radius 1 is 0.925 bits per heavy atom. The molecule has 0 bridgehead atoms. The lowest BCUT2D eigenvalue weighted by Crippen LogP contribution is -2.54. The van der Waals surface area contributed by atoms with Gasteiger partial charge in [0.2, 0.25) is 0 Å². The molecule has 3 aromatic carbocycles. The lowest BCUT2D eigenvalue weighted by Gasteiger charge is -2.29. The van der Waals surface area contributed by atoms with E-state index in [0.29, 0.717) is 52.5 Å². The number of nitrogens with one attached hydrogen (secondary N) is 1. The summed E-state index contributed by atoms with van der Waals surface area (Å²) in [7, 11) is 0. The number of nitriles is 1. The van der Waals surface area contributed by atoms with E-state index in [2.05, 4.69) is 59.4 Å². The summed E-state index contributed by atoms with van der Waals surface area (Å²) in [4.78, 5) is 6.49. The second kappa shape index (κ2) is 19.8. The second-order valence-electron chi connectivity index (χ2n) is 13.3. The zero-order valence-electron chi connectivity index (χ0n) is 30.0. The van der Waals surface area contributed by atoms with Gasteiger partial charge in [-0.3, -0.25) is 9.88 Å². The van der Waals surface area contributed by atoms with Crippen molar-refractivity contribution in [2.24, 2.45) is 0 Å². The molecule has 2 heterocycles. The minimum absolute atomic E-state index is 0.110. The van der Waals surface area contributed by atoms with Crippen LogP contribution in [0.5, 0.6) is 11.5 Å². The van der Waals surface area contributed by atoms with Gasteiger partial charge in [-0.25, -0.2) is 0 Å². The number of hydrogen-bond donors (Lipinski definition) is 4. The average molecular weight is 857 g/mol. The van der Waals surface area contributed by atoms with Crippen LogP contribution in [0.15, 0.2) is 67.0 Å². The van der Waals surface area contributed by atoms with Crippen LogP contribution in [0.3, 0.4) is 0 Å². The summed E-state index contributed by atoms with van der Waals surface area (Å²) in [6, 6.07) is 19.7. The van der Waals surface area contributed by atoms with Gasteiger partial charge < -0.3 is 37.9 Å². The Bertz CT molecular complexity index is 1860. The molecular formula is C40H46ClIN4O7. The highest BCUT2D eigenvalue weighted by molar-refractivity contribution is 14.1. The van der Waals surface area contributed by atoms with Gasteiger partial charge >= 0.3 is 0 Å². The third kappa shape index (κ3) is 10.7. The Kier molecular flexibility index (Phi) is 15.3. The lowest BCUT2D eigenvalue weighted by atomic mass is 9.92. The molecule has 0 aliphatic carbocycles. The highest BCUT2D eigenvalue weighted by Gasteiger charge is 2.28. The van der Waals surface area contributed by atoms with Crippen LogP contribution in [0.4, 0.5) is 0 Å². The molecule has 4 N–H and O–H groups in total. The summed E-state index contributed by atoms with van der Waals surface area (Å²) < 4.78 is 24.1. The molecule has 0 saturated carbocycles. The Balaban J connectivity index is 1.30. The quantitative estimate of drug-likeness (QED) is 0.0669. The van der Waals surface area contributed by atoms with E-state index in [0.717, 1.165) is 53.9 Å². The van der Waals surface area contributed by atoms with Crippen molar-refractivity contribution >= 4 is 34.6 Å². The largest absolute Gasteiger partial charge is 0.488 e. The van der Waals surface area contributed by atoms with E-state index in [1.165, 1.54) is 11.8 Å². The van der Waals surface area contributed by atoms with Crippen LogP contribution in [0, 0.1) is 25.2 Å². The number of aliphatic hydroxyl groups excluding tert-OH is 3. The fourth-order valence-corrected chi connectivity index (χ4v) is 6.87. The fourth-order valence-electron chi connectivity index (χ4n) is 6.22. The van der Waals surface area contributed by atoms with Crippen molar-refractivity contribution in [2.45, 2.75) is 58.3 Å². The van der Waals surface area contributed by atoms with Crippen LogP contribution in [0.1, 0.15) is 45.4 Å². The first-order valence-electron chi connectivity index (χ1n) is 17.5. The van der Waals surface area contributed by atoms with Gasteiger partial charge in [-0.15, -0.1) is 0 Å². The van der Waals surface area contributed by atoms with Crippen LogP contribution >= 0.6 is 34.6 Å². The number of pyridine rings is 1. The van der Waals surface area contributed by atoms with Gasteiger partial charge in [-0.1, -0.05) is 48.0 Å². The Morgan fingerprint density at radius 3 is 2.25 bits per heavy atom. The molecule has 1 saturated heterocycles. The zero-order valence-corrected chi connectivity index (χ0v) is 32.9. The van der Waals surface area contributed by atoms with Crippen molar-refractivity contribution in [3.8, 4) is 28.7 Å². The van der Waals surface area contributed by atoms with E-state index in [9.17, 15) is 20.6 Å². The summed E-state index contributed by atoms with van der Waals surface area (Å²) >= 11 is 8.75. The van der Waals surface area contributed by atoms with Crippen LogP contribution < -0.4 is 14.8 Å². The maximum Gasteiger partial charge on any atom is 0.142 e. The summed E-state index contributed by atoms with van der Waals surface area (Å²) in [6.45, 7) is 7.32. The first kappa shape index (κ1) is 40.8. The summed E-state index contributed by atoms with van der Waals surface area (Å²) in [5, 5.41) is 42.2. The zero-order chi connectivity index (χ0) is 37.8. The number of aliphatic hydroxyl groups is 3. The predicted octanol–water partition coefficient (Wildman–Crippen LogP) is 5.81. The Labute approximate surface area is 330 Å². The molecule has 5 rings (SSSR count). The minimum Gasteiger partial charge on any atom is -0.488 e. The number of likely N-dealkylation sites (tertiary alicyclic amines) is 1. The molecule has 1 aliphatic rings. The fraction of sp³-hybridized carbons (Fsp3) is 0.400. The molecular weight excluding hydrogens is 811 g/mol. The third-order valence-corrected chi connectivity index (χ3v) is 10.7. The van der Waals surface area contributed by atoms with Crippen LogP contribution in [-0.2, 0) is 34.2 Å². The number of nitrogens with zero attached hydrogens (tertiary/aromatic N) is 3. The van der Waals surface area contributed by atoms with E-state index in [4.69, 9.17) is 28.9 Å². The predicted molar refractivity (Wildman–Crippen MR) is 211 cm³/mol. The van der Waals surface area contributed by atoms with E-state index in [1.807, 2.05) is 35.1 Å². The first-order chi connectivity index (χ1) is 25.7. The molecule has 1 aliphatic heterocycles. The highest BCUT2D eigenvalue weighted by Crippen LogP contribution is 2.36. The van der Waals surface area contributed by atoms with Gasteiger partial charge in [0.05, 0.1) is 55.3 Å². The van der Waals surface area contributed by atoms with Crippen molar-refractivity contribution in [1.82, 2.24) is 15.2 Å². The molecule has 1 aromatic heterocycles. The molecule has 1 fully saturated rings. The van der Waals surface area contributed by atoms with E-state index in [-0.39, 0.29) is 19.8 Å². The number of rotatable bonds is 19. The van der Waals surface area contributed by atoms with Gasteiger partial charge in [-0.2, -0.15) is 5.26 Å². The molecule has 11 nitrogen and oxygen atoms in total. The van der Waals surface area contributed by atoms with Gasteiger partial charge in [-0.05, 0) is 65.8 Å². The maximum absolute atomic E-state index is 9.83. The van der Waals surface area contributed by atoms with Crippen LogP contribution in [0.25, 0.3) is 11.1 Å². The Hall–Kier alpha value is -3.36. The SMILES string of the molecule is Cc1c(COCCN2CC[C@@H](OI)C2)cccc1-c1cccc(COc2cc(OCc3cncc(C#N)c3)c(CNC(CO)(CO)CO)cc2Cl)c1C. The summed E-state index contributed by atoms with van der Waals surface area (Å²) in [5.41, 5.74) is 7.05. The van der Waals surface area contributed by atoms with Gasteiger partial charge in [0.15, 0.2) is 0 Å². The summed E-state index contributed by atoms with van der Waals surface area (Å²) in [6.07, 6.45) is 4.46. The number of ether oxygens (including phenoxy) is 3. The number of halogens is 2. The molecule has 0 spiro atoms. The average Bonchev–Trinajstić information content (AvgIpc) is 3.66. The molecule has 0 unspecified atom stereocenters. The molecule has 282 valence electrons. The topological polar surface area (TPSA) is 150 Å². The van der Waals surface area contributed by atoms with E-state index >= 15 is 0 Å². The molecule has 0 amide bonds. The van der Waals surface area contributed by atoms with Crippen LogP contribution in [0.2, 0.25) is 5.02 Å². The van der Waals surface area contributed by atoms with Crippen molar-refractivity contribution in [3.63, 3.8) is 0 Å². The molecule has 1 atom stereocenters. The van der Waals surface area contributed by atoms with Crippen molar-refractivity contribution in [2.75, 3.05) is 46.1 Å². The number of benzene rings is 3. The van der Waals surface area contributed by atoms with Gasteiger partial charge in [0.1, 0.15) is 53.8 Å². The molecule has 4 aromatic rings. The third-order valence-electron chi connectivity index (χ3n) is 9.73. The minimum atomic E-state index is -1.31. The van der Waals surface area contributed by atoms with Crippen molar-refractivity contribution in [3.05, 3.63) is 111 Å². The van der Waals surface area contributed by atoms with Crippen LogP contribution in [-0.4, -0.2) is 82.9 Å². The lowest BCUT2D eigenvalue weighted by molar-refractivity contribution is 0.0412. The molecule has 53 heavy (non-hydrogen) atoms. The van der Waals surface area contributed by atoms with Crippen molar-refractivity contribution in [1.29, 1.82) is 5.26 Å². The standard InChI is InChI=1S/C40H46ClIN4O7/c1-27-31(22-50-12-11-46-10-9-34(20-46)53-42)5-3-7-35(27)36-8-4-6-32(28(36)2)23-52-39-15-38(51-21-30-13-29(16-43)17-44-18-30)33(14-37(39)41)19-45-40(24-47,25-48)26-49/h3-8,13-15,17-18,34,45,47-49H,9-12,19-26H2,1-2H3/t34-/m1/s1. The first-order valence-corrected chi connectivity index (χ1v) is 18.7. The normalized spacial score (nSPS) is 14.7. The number of aromatic nitrogens is 1. The van der Waals surface area contributed by atoms with E-state index in [1.54, 1.807) is 24.4 Å². The Morgan fingerprint density at radius 2 is 1.60 bits per heavy atom. The second-order valence-corrected chi connectivity index (χ2v) is 14.2.